The van der Waals surface area contributed by atoms with Crippen LogP contribution in [0.4, 0.5) is 10.1 Å². The molecule has 0 heterocycles. The lowest BCUT2D eigenvalue weighted by Gasteiger charge is -2.32. The fourth-order valence-corrected chi connectivity index (χ4v) is 4.89. The van der Waals surface area contributed by atoms with Gasteiger partial charge < -0.3 is 15.0 Å². The summed E-state index contributed by atoms with van der Waals surface area (Å²) in [7, 11) is -2.20. The molecule has 0 aliphatic rings. The summed E-state index contributed by atoms with van der Waals surface area (Å²) in [5, 5.41) is 2.96. The number of halogens is 1. The molecule has 0 aromatic heterocycles. The Morgan fingerprint density at radius 2 is 1.70 bits per heavy atom. The molecule has 2 atom stereocenters. The number of amides is 2. The van der Waals surface area contributed by atoms with E-state index in [1.807, 2.05) is 32.9 Å². The SMILES string of the molecule is CC[C@@H](C)NC(=O)[C@H](CC)N(Cc1ccc(OC)cc1)C(=O)CCCN(c1ccccc1F)S(C)(=O)=O. The molecule has 0 saturated heterocycles. The van der Waals surface area contributed by atoms with E-state index in [1.165, 1.54) is 23.1 Å². The molecule has 8 nitrogen and oxygen atoms in total. The number of carbonyl (C=O) groups is 2. The average Bonchev–Trinajstić information content (AvgIpc) is 2.86. The minimum absolute atomic E-state index is 0.0102. The van der Waals surface area contributed by atoms with Crippen molar-refractivity contribution in [2.45, 2.75) is 65.1 Å². The van der Waals surface area contributed by atoms with Crippen molar-refractivity contribution in [3.05, 3.63) is 59.9 Å². The molecule has 0 aliphatic heterocycles. The Balaban J connectivity index is 2.24. The van der Waals surface area contributed by atoms with Gasteiger partial charge in [-0.3, -0.25) is 13.9 Å². The average molecular weight is 536 g/mol. The van der Waals surface area contributed by atoms with E-state index < -0.39 is 21.9 Å². The van der Waals surface area contributed by atoms with E-state index in [0.29, 0.717) is 12.2 Å². The summed E-state index contributed by atoms with van der Waals surface area (Å²) in [5.74, 6) is -0.503. The first kappa shape index (κ1) is 30.1. The van der Waals surface area contributed by atoms with Crippen LogP contribution in [0.3, 0.4) is 0 Å². The highest BCUT2D eigenvalue weighted by atomic mass is 32.2. The van der Waals surface area contributed by atoms with Crippen molar-refractivity contribution < 1.29 is 27.1 Å². The van der Waals surface area contributed by atoms with Gasteiger partial charge in [0, 0.05) is 25.6 Å². The predicted octanol–water partition coefficient (Wildman–Crippen LogP) is 4.10. The monoisotopic (exact) mass is 535 g/mol. The largest absolute Gasteiger partial charge is 0.497 e. The van der Waals surface area contributed by atoms with Crippen molar-refractivity contribution in [2.75, 3.05) is 24.2 Å². The molecule has 204 valence electrons. The number of rotatable bonds is 14. The van der Waals surface area contributed by atoms with Gasteiger partial charge in [-0.2, -0.15) is 0 Å². The highest BCUT2D eigenvalue weighted by Gasteiger charge is 2.29. The van der Waals surface area contributed by atoms with E-state index in [9.17, 15) is 22.4 Å². The lowest BCUT2D eigenvalue weighted by molar-refractivity contribution is -0.141. The van der Waals surface area contributed by atoms with Gasteiger partial charge in [0.15, 0.2) is 0 Å². The number of hydrogen-bond acceptors (Lipinski definition) is 5. The summed E-state index contributed by atoms with van der Waals surface area (Å²) in [6.45, 7) is 5.85. The highest BCUT2D eigenvalue weighted by molar-refractivity contribution is 7.92. The van der Waals surface area contributed by atoms with Crippen LogP contribution in [0, 0.1) is 5.82 Å². The first-order valence-corrected chi connectivity index (χ1v) is 14.3. The summed E-state index contributed by atoms with van der Waals surface area (Å²) in [5.41, 5.74) is 0.764. The molecule has 10 heteroatoms. The normalized spacial score (nSPS) is 12.9. The molecule has 0 fully saturated rings. The molecular weight excluding hydrogens is 497 g/mol. The Bertz CT molecular complexity index is 1140. The maximum atomic E-state index is 14.3. The first-order valence-electron chi connectivity index (χ1n) is 12.5. The van der Waals surface area contributed by atoms with Crippen molar-refractivity contribution in [1.82, 2.24) is 10.2 Å². The van der Waals surface area contributed by atoms with Crippen LogP contribution >= 0.6 is 0 Å². The van der Waals surface area contributed by atoms with Crippen LogP contribution in [0.25, 0.3) is 0 Å². The van der Waals surface area contributed by atoms with Crippen LogP contribution in [-0.4, -0.2) is 57.1 Å². The van der Waals surface area contributed by atoms with Gasteiger partial charge in [0.25, 0.3) is 0 Å². The first-order chi connectivity index (χ1) is 17.5. The lowest BCUT2D eigenvalue weighted by atomic mass is 10.1. The van der Waals surface area contributed by atoms with Gasteiger partial charge in [-0.1, -0.05) is 38.1 Å². The number of nitrogens with zero attached hydrogens (tertiary/aromatic N) is 2. The Morgan fingerprint density at radius 1 is 1.05 bits per heavy atom. The van der Waals surface area contributed by atoms with Crippen LogP contribution in [0.1, 0.15) is 52.0 Å². The zero-order valence-corrected chi connectivity index (χ0v) is 23.1. The number of benzene rings is 2. The summed E-state index contributed by atoms with van der Waals surface area (Å²) in [4.78, 5) is 28.0. The topological polar surface area (TPSA) is 96.0 Å². The molecule has 0 saturated carbocycles. The second-order valence-corrected chi connectivity index (χ2v) is 10.9. The smallest absolute Gasteiger partial charge is 0.243 e. The molecule has 0 spiro atoms. The Labute approximate surface area is 219 Å². The van der Waals surface area contributed by atoms with E-state index in [-0.39, 0.29) is 49.5 Å². The number of sulfonamides is 1. The third kappa shape index (κ3) is 8.73. The Kier molecular flexibility index (Phi) is 11.4. The van der Waals surface area contributed by atoms with Gasteiger partial charge in [0.1, 0.15) is 17.6 Å². The standard InChI is InChI=1S/C27H38FN3O5S/c1-6-20(3)29-27(33)24(7-2)30(19-21-14-16-22(36-4)17-15-21)26(32)13-10-18-31(37(5,34)35)25-12-9-8-11-23(25)28/h8-9,11-12,14-17,20,24H,6-7,10,13,18-19H2,1-5H3,(H,29,33)/t20-,24+/m1/s1. The van der Waals surface area contributed by atoms with E-state index in [0.717, 1.165) is 22.5 Å². The molecule has 2 rings (SSSR count). The van der Waals surface area contributed by atoms with Gasteiger partial charge in [-0.05, 0) is 56.0 Å². The lowest BCUT2D eigenvalue weighted by Crippen LogP contribution is -2.50. The number of anilines is 1. The van der Waals surface area contributed by atoms with Crippen molar-refractivity contribution in [3.8, 4) is 5.75 Å². The van der Waals surface area contributed by atoms with Crippen molar-refractivity contribution in [3.63, 3.8) is 0 Å². The van der Waals surface area contributed by atoms with E-state index >= 15 is 0 Å². The van der Waals surface area contributed by atoms with Crippen LogP contribution in [0.2, 0.25) is 0 Å². The van der Waals surface area contributed by atoms with Crippen LogP contribution < -0.4 is 14.4 Å². The maximum absolute atomic E-state index is 14.3. The second kappa shape index (κ2) is 14.0. The third-order valence-corrected chi connectivity index (χ3v) is 7.35. The molecule has 2 aromatic rings. The fraction of sp³-hybridized carbons (Fsp3) is 0.481. The molecule has 0 bridgehead atoms. The number of nitrogens with one attached hydrogen (secondary N) is 1. The molecule has 37 heavy (non-hydrogen) atoms. The number of hydrogen-bond donors (Lipinski definition) is 1. The van der Waals surface area contributed by atoms with Crippen LogP contribution in [-0.2, 0) is 26.2 Å². The molecule has 0 radical (unpaired) electrons. The van der Waals surface area contributed by atoms with Gasteiger partial charge in [-0.15, -0.1) is 0 Å². The number of carbonyl (C=O) groups excluding carboxylic acids is 2. The zero-order chi connectivity index (χ0) is 27.6. The molecule has 1 N–H and O–H groups in total. The minimum atomic E-state index is -3.77. The Morgan fingerprint density at radius 3 is 2.24 bits per heavy atom. The number of para-hydroxylation sites is 1. The predicted molar refractivity (Wildman–Crippen MR) is 143 cm³/mol. The van der Waals surface area contributed by atoms with Gasteiger partial charge in [-0.25, -0.2) is 12.8 Å². The molecule has 0 aliphatic carbocycles. The quantitative estimate of drug-likeness (QED) is 0.393. The van der Waals surface area contributed by atoms with Crippen molar-refractivity contribution in [2.24, 2.45) is 0 Å². The molecule has 2 aromatic carbocycles. The summed E-state index contributed by atoms with van der Waals surface area (Å²) in [6.07, 6.45) is 2.32. The second-order valence-electron chi connectivity index (χ2n) is 9.00. The van der Waals surface area contributed by atoms with E-state index in [2.05, 4.69) is 5.32 Å². The van der Waals surface area contributed by atoms with Crippen molar-refractivity contribution in [1.29, 1.82) is 0 Å². The fourth-order valence-electron chi connectivity index (χ4n) is 3.92. The Hall–Kier alpha value is -3.14. The summed E-state index contributed by atoms with van der Waals surface area (Å²) >= 11 is 0. The summed E-state index contributed by atoms with van der Waals surface area (Å²) in [6, 6.07) is 12.1. The third-order valence-electron chi connectivity index (χ3n) is 6.17. The van der Waals surface area contributed by atoms with Gasteiger partial charge in [0.05, 0.1) is 19.1 Å². The minimum Gasteiger partial charge on any atom is -0.497 e. The molecule has 2 amide bonds. The van der Waals surface area contributed by atoms with Gasteiger partial charge in [0.2, 0.25) is 21.8 Å². The maximum Gasteiger partial charge on any atom is 0.243 e. The number of methoxy groups -OCH3 is 1. The summed E-state index contributed by atoms with van der Waals surface area (Å²) < 4.78 is 45.2. The molecule has 0 unspecified atom stereocenters. The number of ether oxygens (including phenoxy) is 1. The van der Waals surface area contributed by atoms with Crippen molar-refractivity contribution >= 4 is 27.5 Å². The zero-order valence-electron chi connectivity index (χ0n) is 22.2. The van der Waals surface area contributed by atoms with E-state index in [1.54, 1.807) is 25.3 Å². The molecular formula is C27H38FN3O5S. The van der Waals surface area contributed by atoms with Crippen LogP contribution in [0.15, 0.2) is 48.5 Å². The highest BCUT2D eigenvalue weighted by Crippen LogP contribution is 2.23. The van der Waals surface area contributed by atoms with E-state index in [4.69, 9.17) is 4.74 Å². The van der Waals surface area contributed by atoms with Gasteiger partial charge >= 0.3 is 0 Å². The van der Waals surface area contributed by atoms with Crippen LogP contribution in [0.5, 0.6) is 5.75 Å².